The van der Waals surface area contributed by atoms with E-state index >= 15 is 0 Å². The molecule has 2 amide bonds. The number of ether oxygens (including phenoxy) is 1. The molecule has 2 aromatic rings. The first-order valence-corrected chi connectivity index (χ1v) is 17.3. The molecule has 4 aliphatic carbocycles. The number of hydrogen-bond donors (Lipinski definition) is 3. The summed E-state index contributed by atoms with van der Waals surface area (Å²) in [5.41, 5.74) is 2.31. The third-order valence-corrected chi connectivity index (χ3v) is 11.6. The number of nitrogens with zero attached hydrogens (tertiary/aromatic N) is 1. The predicted molar refractivity (Wildman–Crippen MR) is 175 cm³/mol. The van der Waals surface area contributed by atoms with Crippen molar-refractivity contribution in [3.05, 3.63) is 65.2 Å². The highest BCUT2D eigenvalue weighted by Crippen LogP contribution is 2.61. The van der Waals surface area contributed by atoms with E-state index < -0.39 is 13.2 Å². The standard InChI is InChI=1S/C36H48BN3O6/c1-36(2)27-20-28(36)33-31(21-27)45-37(46-33)32(18-24-9-6-10-24)39-35(43)29(17-23-7-4-3-5-8-23)38-34(42)25-11-12-30(41)26(19-25)22-40-13-15-44-16-14-40/h3-5,7-8,11-12,19,24,27-29,31-33,41H,6,9-10,13-18,20-22H2,1-2H3,(H,38,42)(H,39,43)/t27?,28-,29+,31?,32+,33?/m1/s1. The van der Waals surface area contributed by atoms with Gasteiger partial charge in [-0.1, -0.05) is 63.4 Å². The summed E-state index contributed by atoms with van der Waals surface area (Å²) in [4.78, 5) is 30.0. The lowest BCUT2D eigenvalue weighted by atomic mass is 9.47. The minimum atomic E-state index is -0.800. The van der Waals surface area contributed by atoms with Crippen LogP contribution in [0, 0.1) is 23.2 Å². The molecule has 6 atom stereocenters. The van der Waals surface area contributed by atoms with Crippen LogP contribution in [0.15, 0.2) is 48.5 Å². The first-order chi connectivity index (χ1) is 22.2. The van der Waals surface area contributed by atoms with Crippen molar-refractivity contribution >= 4 is 18.9 Å². The molecule has 10 heteroatoms. The molecule has 2 aliphatic heterocycles. The van der Waals surface area contributed by atoms with Gasteiger partial charge in [-0.05, 0) is 66.2 Å². The number of nitrogens with one attached hydrogen (secondary N) is 2. The lowest BCUT2D eigenvalue weighted by molar-refractivity contribution is -0.150. The molecule has 9 nitrogen and oxygen atoms in total. The van der Waals surface area contributed by atoms with Gasteiger partial charge in [-0.15, -0.1) is 0 Å². The van der Waals surface area contributed by atoms with Crippen LogP contribution < -0.4 is 10.6 Å². The van der Waals surface area contributed by atoms with Gasteiger partial charge in [0.2, 0.25) is 5.91 Å². The van der Waals surface area contributed by atoms with Crippen LogP contribution in [0.2, 0.25) is 0 Å². The summed E-state index contributed by atoms with van der Waals surface area (Å²) in [6, 6.07) is 13.9. The van der Waals surface area contributed by atoms with Gasteiger partial charge in [-0.3, -0.25) is 14.5 Å². The number of carbonyl (C=O) groups is 2. The van der Waals surface area contributed by atoms with Gasteiger partial charge in [0, 0.05) is 37.2 Å². The normalized spacial score (nSPS) is 28.3. The number of carbonyl (C=O) groups excluding carboxylic acids is 2. The van der Waals surface area contributed by atoms with E-state index in [0.717, 1.165) is 44.3 Å². The Morgan fingerprint density at radius 2 is 1.83 bits per heavy atom. The number of morpholine rings is 1. The van der Waals surface area contributed by atoms with E-state index in [9.17, 15) is 14.7 Å². The minimum Gasteiger partial charge on any atom is -0.508 e. The Labute approximate surface area is 272 Å². The summed E-state index contributed by atoms with van der Waals surface area (Å²) < 4.78 is 18.7. The summed E-state index contributed by atoms with van der Waals surface area (Å²) in [5.74, 6) is 0.975. The summed E-state index contributed by atoms with van der Waals surface area (Å²) in [6.07, 6.45) is 7.06. The summed E-state index contributed by atoms with van der Waals surface area (Å²) in [7, 11) is -0.484. The lowest BCUT2D eigenvalue weighted by Gasteiger charge is -2.60. The molecule has 0 radical (unpaired) electrons. The van der Waals surface area contributed by atoms with E-state index in [1.165, 1.54) is 12.8 Å². The number of rotatable bonds is 11. The molecule has 2 heterocycles. The Hall–Kier alpha value is -2.92. The van der Waals surface area contributed by atoms with Crippen LogP contribution >= 0.6 is 0 Å². The Morgan fingerprint density at radius 3 is 2.54 bits per heavy atom. The summed E-state index contributed by atoms with van der Waals surface area (Å²) in [5, 5.41) is 16.9. The zero-order valence-electron chi connectivity index (χ0n) is 27.2. The molecule has 0 aromatic heterocycles. The van der Waals surface area contributed by atoms with Crippen molar-refractivity contribution in [2.45, 2.75) is 89.5 Å². The molecule has 6 aliphatic rings. The molecule has 3 N–H and O–H groups in total. The van der Waals surface area contributed by atoms with Crippen LogP contribution in [0.5, 0.6) is 5.75 Å². The minimum absolute atomic E-state index is 0.0757. The maximum atomic E-state index is 14.1. The highest BCUT2D eigenvalue weighted by molar-refractivity contribution is 6.47. The van der Waals surface area contributed by atoms with Crippen molar-refractivity contribution in [3.8, 4) is 5.75 Å². The molecule has 0 spiro atoms. The van der Waals surface area contributed by atoms with Crippen LogP contribution in [0.25, 0.3) is 0 Å². The highest BCUT2D eigenvalue weighted by Gasteiger charge is 2.63. The van der Waals surface area contributed by atoms with E-state index in [4.69, 9.17) is 14.0 Å². The van der Waals surface area contributed by atoms with Crippen LogP contribution in [0.1, 0.15) is 73.9 Å². The van der Waals surface area contributed by atoms with E-state index in [-0.39, 0.29) is 41.1 Å². The number of hydrogen-bond acceptors (Lipinski definition) is 7. The third kappa shape index (κ3) is 6.59. The highest BCUT2D eigenvalue weighted by atomic mass is 16.7. The monoisotopic (exact) mass is 629 g/mol. The number of phenols is 1. The van der Waals surface area contributed by atoms with Gasteiger partial charge in [-0.2, -0.15) is 0 Å². The molecule has 6 fully saturated rings. The maximum absolute atomic E-state index is 14.1. The van der Waals surface area contributed by atoms with Crippen molar-refractivity contribution in [2.75, 3.05) is 26.3 Å². The van der Waals surface area contributed by atoms with Crippen LogP contribution in [0.3, 0.4) is 0 Å². The average molecular weight is 630 g/mol. The number of aromatic hydroxyl groups is 1. The van der Waals surface area contributed by atoms with E-state index in [1.54, 1.807) is 18.2 Å². The number of amides is 2. The molecule has 4 saturated carbocycles. The SMILES string of the molecule is CC1(C)C2CC3OB([C@H](CC4CCC4)NC(=O)[C@H](Cc4ccccc4)NC(=O)c4ccc(O)c(CN5CCOCC5)c4)OC3[C@H]1C2. The average Bonchev–Trinajstić information content (AvgIpc) is 3.48. The molecule has 3 unspecified atom stereocenters. The van der Waals surface area contributed by atoms with E-state index in [2.05, 4.69) is 29.4 Å². The second kappa shape index (κ2) is 13.3. The fourth-order valence-electron chi connectivity index (χ4n) is 8.31. The summed E-state index contributed by atoms with van der Waals surface area (Å²) in [6.45, 7) is 8.06. The molecular formula is C36H48BN3O6. The molecule has 46 heavy (non-hydrogen) atoms. The number of phenolic OH excluding ortho intramolecular Hbond substituents is 1. The zero-order valence-corrected chi connectivity index (χ0v) is 27.2. The first-order valence-electron chi connectivity index (χ1n) is 17.3. The second-order valence-electron chi connectivity index (χ2n) is 14.8. The molecular weight excluding hydrogens is 581 g/mol. The van der Waals surface area contributed by atoms with Gasteiger partial charge in [0.25, 0.3) is 5.91 Å². The van der Waals surface area contributed by atoms with E-state index in [1.807, 2.05) is 30.3 Å². The van der Waals surface area contributed by atoms with Crippen LogP contribution in [-0.4, -0.2) is 79.4 Å². The third-order valence-electron chi connectivity index (χ3n) is 11.6. The maximum Gasteiger partial charge on any atom is 0.481 e. The van der Waals surface area contributed by atoms with Gasteiger partial charge in [-0.25, -0.2) is 0 Å². The Bertz CT molecular complexity index is 1400. The van der Waals surface area contributed by atoms with Gasteiger partial charge in [0.15, 0.2) is 0 Å². The molecule has 2 saturated heterocycles. The fraction of sp³-hybridized carbons (Fsp3) is 0.611. The Balaban J connectivity index is 1.07. The van der Waals surface area contributed by atoms with Crippen LogP contribution in [0.4, 0.5) is 0 Å². The molecule has 2 aromatic carbocycles. The van der Waals surface area contributed by atoms with Crippen LogP contribution in [-0.2, 0) is 31.8 Å². The number of benzene rings is 2. The fourth-order valence-corrected chi connectivity index (χ4v) is 8.31. The largest absolute Gasteiger partial charge is 0.508 e. The van der Waals surface area contributed by atoms with Gasteiger partial charge >= 0.3 is 7.12 Å². The quantitative estimate of drug-likeness (QED) is 0.321. The van der Waals surface area contributed by atoms with Crippen molar-refractivity contribution in [2.24, 2.45) is 23.2 Å². The van der Waals surface area contributed by atoms with Gasteiger partial charge in [0.1, 0.15) is 11.8 Å². The molecule has 246 valence electrons. The van der Waals surface area contributed by atoms with Crippen molar-refractivity contribution in [3.63, 3.8) is 0 Å². The van der Waals surface area contributed by atoms with E-state index in [0.29, 0.717) is 55.1 Å². The lowest BCUT2D eigenvalue weighted by Crippen LogP contribution is -2.59. The Kier molecular flexibility index (Phi) is 9.16. The zero-order chi connectivity index (χ0) is 31.8. The van der Waals surface area contributed by atoms with Crippen molar-refractivity contribution in [1.82, 2.24) is 15.5 Å². The van der Waals surface area contributed by atoms with Crippen molar-refractivity contribution < 1.29 is 28.7 Å². The van der Waals surface area contributed by atoms with Gasteiger partial charge < -0.3 is 29.8 Å². The second-order valence-corrected chi connectivity index (χ2v) is 14.8. The molecule has 8 rings (SSSR count). The Morgan fingerprint density at radius 1 is 1.04 bits per heavy atom. The van der Waals surface area contributed by atoms with Gasteiger partial charge in [0.05, 0.1) is 31.4 Å². The smallest absolute Gasteiger partial charge is 0.481 e. The summed E-state index contributed by atoms with van der Waals surface area (Å²) >= 11 is 0. The topological polar surface area (TPSA) is 109 Å². The first kappa shape index (κ1) is 31.7. The van der Waals surface area contributed by atoms with Crippen molar-refractivity contribution in [1.29, 1.82) is 0 Å². The molecule has 2 bridgehead atoms. The predicted octanol–water partition coefficient (Wildman–Crippen LogP) is 4.12.